The number of nitrogens with one attached hydrogen (secondary N) is 1. The van der Waals surface area contributed by atoms with Gasteiger partial charge < -0.3 is 9.88 Å². The summed E-state index contributed by atoms with van der Waals surface area (Å²) in [7, 11) is 0. The third-order valence-electron chi connectivity index (χ3n) is 2.51. The van der Waals surface area contributed by atoms with E-state index in [4.69, 9.17) is 0 Å². The first kappa shape index (κ1) is 12.3. The molecule has 0 atom stereocenters. The molecule has 0 spiro atoms. The molecular formula is C12H18N4S. The van der Waals surface area contributed by atoms with Gasteiger partial charge in [-0.3, -0.25) is 0 Å². The van der Waals surface area contributed by atoms with Gasteiger partial charge in [0, 0.05) is 24.5 Å². The minimum atomic E-state index is 0.818. The van der Waals surface area contributed by atoms with E-state index in [0.717, 1.165) is 42.5 Å². The van der Waals surface area contributed by atoms with E-state index in [1.807, 2.05) is 13.3 Å². The summed E-state index contributed by atoms with van der Waals surface area (Å²) in [5.41, 5.74) is 2.25. The molecule has 2 aromatic rings. The minimum absolute atomic E-state index is 0.818. The molecule has 2 aromatic heterocycles. The van der Waals surface area contributed by atoms with E-state index in [1.165, 1.54) is 0 Å². The van der Waals surface area contributed by atoms with Crippen molar-refractivity contribution >= 4 is 11.3 Å². The van der Waals surface area contributed by atoms with Crippen LogP contribution in [0, 0.1) is 6.92 Å². The first-order valence-electron chi connectivity index (χ1n) is 5.90. The van der Waals surface area contributed by atoms with Gasteiger partial charge in [-0.1, -0.05) is 6.92 Å². The van der Waals surface area contributed by atoms with Crippen molar-refractivity contribution < 1.29 is 0 Å². The number of hydrogen-bond acceptors (Lipinski definition) is 4. The van der Waals surface area contributed by atoms with Crippen LogP contribution in [-0.4, -0.2) is 27.6 Å². The molecule has 0 amide bonds. The normalized spacial score (nSPS) is 10.9. The van der Waals surface area contributed by atoms with Gasteiger partial charge in [0.2, 0.25) is 0 Å². The number of rotatable bonds is 6. The second-order valence-electron chi connectivity index (χ2n) is 4.00. The molecule has 0 radical (unpaired) electrons. The zero-order valence-corrected chi connectivity index (χ0v) is 11.1. The van der Waals surface area contributed by atoms with Gasteiger partial charge in [0.25, 0.3) is 0 Å². The molecule has 0 aliphatic heterocycles. The number of hydrogen-bond donors (Lipinski definition) is 1. The molecule has 17 heavy (non-hydrogen) atoms. The molecule has 92 valence electrons. The molecule has 0 saturated carbocycles. The average Bonchev–Trinajstić information content (AvgIpc) is 2.90. The first-order valence-corrected chi connectivity index (χ1v) is 6.78. The highest BCUT2D eigenvalue weighted by Gasteiger charge is 2.02. The van der Waals surface area contributed by atoms with Gasteiger partial charge in [0.05, 0.1) is 29.3 Å². The zero-order chi connectivity index (χ0) is 12.1. The zero-order valence-electron chi connectivity index (χ0n) is 10.3. The standard InChI is InChI=1S/C12H18N4S/c1-3-13-5-4-11-6-16(9-14-11)7-12-8-17-10(2)15-12/h6,8-9,13H,3-5,7H2,1-2H3. The van der Waals surface area contributed by atoms with Crippen molar-refractivity contribution in [2.75, 3.05) is 13.1 Å². The van der Waals surface area contributed by atoms with Crippen molar-refractivity contribution in [3.63, 3.8) is 0 Å². The van der Waals surface area contributed by atoms with E-state index in [0.29, 0.717) is 0 Å². The largest absolute Gasteiger partial charge is 0.331 e. The van der Waals surface area contributed by atoms with E-state index in [1.54, 1.807) is 11.3 Å². The number of likely N-dealkylation sites (N-methyl/N-ethyl adjacent to an activating group) is 1. The van der Waals surface area contributed by atoms with Gasteiger partial charge in [-0.2, -0.15) is 0 Å². The molecule has 2 heterocycles. The van der Waals surface area contributed by atoms with Crippen LogP contribution < -0.4 is 5.32 Å². The van der Waals surface area contributed by atoms with E-state index in [9.17, 15) is 0 Å². The lowest BCUT2D eigenvalue weighted by Gasteiger charge is -1.98. The summed E-state index contributed by atoms with van der Waals surface area (Å²) in [5.74, 6) is 0. The van der Waals surface area contributed by atoms with Gasteiger partial charge in [0.1, 0.15) is 0 Å². The van der Waals surface area contributed by atoms with Crippen LogP contribution in [0.25, 0.3) is 0 Å². The Hall–Kier alpha value is -1.20. The monoisotopic (exact) mass is 250 g/mol. The summed E-state index contributed by atoms with van der Waals surface area (Å²) >= 11 is 1.69. The molecule has 0 aliphatic carbocycles. The summed E-state index contributed by atoms with van der Waals surface area (Å²) < 4.78 is 2.09. The summed E-state index contributed by atoms with van der Waals surface area (Å²) in [6.45, 7) is 6.97. The Bertz CT molecular complexity index is 461. The van der Waals surface area contributed by atoms with Crippen LogP contribution in [0.5, 0.6) is 0 Å². The number of thiazole rings is 1. The Morgan fingerprint density at radius 1 is 1.41 bits per heavy atom. The molecule has 5 heteroatoms. The highest BCUT2D eigenvalue weighted by atomic mass is 32.1. The molecule has 0 unspecified atom stereocenters. The molecule has 2 rings (SSSR count). The molecule has 0 bridgehead atoms. The van der Waals surface area contributed by atoms with Crippen molar-refractivity contribution in [1.29, 1.82) is 0 Å². The maximum absolute atomic E-state index is 4.45. The smallest absolute Gasteiger partial charge is 0.0953 e. The van der Waals surface area contributed by atoms with Gasteiger partial charge in [-0.05, 0) is 13.5 Å². The Labute approximate surface area is 106 Å². The fourth-order valence-electron chi connectivity index (χ4n) is 1.68. The van der Waals surface area contributed by atoms with Crippen LogP contribution in [-0.2, 0) is 13.0 Å². The SMILES string of the molecule is CCNCCc1cn(Cc2csc(C)n2)cn1. The topological polar surface area (TPSA) is 42.7 Å². The Kier molecular flexibility index (Phi) is 4.28. The predicted octanol–water partition coefficient (Wildman–Crippen LogP) is 1.85. The fourth-order valence-corrected chi connectivity index (χ4v) is 2.29. The maximum Gasteiger partial charge on any atom is 0.0953 e. The molecular weight excluding hydrogens is 232 g/mol. The van der Waals surface area contributed by atoms with Crippen molar-refractivity contribution in [3.8, 4) is 0 Å². The Morgan fingerprint density at radius 2 is 2.29 bits per heavy atom. The summed E-state index contributed by atoms with van der Waals surface area (Å²) in [6, 6.07) is 0. The Balaban J connectivity index is 1.89. The quantitative estimate of drug-likeness (QED) is 0.796. The van der Waals surface area contributed by atoms with Crippen molar-refractivity contribution in [3.05, 3.63) is 34.3 Å². The molecule has 0 aromatic carbocycles. The molecule has 0 saturated heterocycles. The second-order valence-corrected chi connectivity index (χ2v) is 5.06. The number of nitrogens with zero attached hydrogens (tertiary/aromatic N) is 3. The van der Waals surface area contributed by atoms with Gasteiger partial charge >= 0.3 is 0 Å². The van der Waals surface area contributed by atoms with E-state index in [2.05, 4.69) is 38.4 Å². The molecule has 0 aliphatic rings. The van der Waals surface area contributed by atoms with Crippen LogP contribution in [0.3, 0.4) is 0 Å². The number of imidazole rings is 1. The minimum Gasteiger partial charge on any atom is -0.331 e. The van der Waals surface area contributed by atoms with E-state index in [-0.39, 0.29) is 0 Å². The lowest BCUT2D eigenvalue weighted by molar-refractivity contribution is 0.708. The highest BCUT2D eigenvalue weighted by Crippen LogP contribution is 2.09. The van der Waals surface area contributed by atoms with Crippen LogP contribution in [0.15, 0.2) is 17.9 Å². The van der Waals surface area contributed by atoms with Gasteiger partial charge in [-0.25, -0.2) is 9.97 Å². The van der Waals surface area contributed by atoms with Crippen molar-refractivity contribution in [2.45, 2.75) is 26.8 Å². The van der Waals surface area contributed by atoms with Gasteiger partial charge in [0.15, 0.2) is 0 Å². The average molecular weight is 250 g/mol. The first-order chi connectivity index (χ1) is 8.28. The third kappa shape index (κ3) is 3.64. The Morgan fingerprint density at radius 3 is 3.00 bits per heavy atom. The highest BCUT2D eigenvalue weighted by molar-refractivity contribution is 7.09. The lowest BCUT2D eigenvalue weighted by atomic mass is 10.3. The van der Waals surface area contributed by atoms with E-state index < -0.39 is 0 Å². The predicted molar refractivity (Wildman–Crippen MR) is 70.4 cm³/mol. The molecule has 4 nitrogen and oxygen atoms in total. The van der Waals surface area contributed by atoms with Gasteiger partial charge in [-0.15, -0.1) is 11.3 Å². The number of aromatic nitrogens is 3. The van der Waals surface area contributed by atoms with Crippen molar-refractivity contribution in [2.24, 2.45) is 0 Å². The van der Waals surface area contributed by atoms with Crippen LogP contribution in [0.4, 0.5) is 0 Å². The van der Waals surface area contributed by atoms with Crippen LogP contribution in [0.1, 0.15) is 23.3 Å². The van der Waals surface area contributed by atoms with Crippen LogP contribution >= 0.6 is 11.3 Å². The molecule has 1 N–H and O–H groups in total. The second kappa shape index (κ2) is 5.93. The van der Waals surface area contributed by atoms with E-state index >= 15 is 0 Å². The summed E-state index contributed by atoms with van der Waals surface area (Å²) in [5, 5.41) is 6.52. The number of aryl methyl sites for hydroxylation is 1. The maximum atomic E-state index is 4.45. The fraction of sp³-hybridized carbons (Fsp3) is 0.500. The summed E-state index contributed by atoms with van der Waals surface area (Å²) in [4.78, 5) is 8.84. The molecule has 0 fully saturated rings. The summed E-state index contributed by atoms with van der Waals surface area (Å²) in [6.07, 6.45) is 4.97. The van der Waals surface area contributed by atoms with Crippen molar-refractivity contribution in [1.82, 2.24) is 19.9 Å². The lowest BCUT2D eigenvalue weighted by Crippen LogP contribution is -2.16. The third-order valence-corrected chi connectivity index (χ3v) is 3.33. The van der Waals surface area contributed by atoms with Crippen LogP contribution in [0.2, 0.25) is 0 Å².